The Bertz CT molecular complexity index is 257. The fourth-order valence-electron chi connectivity index (χ4n) is 1.06. The average Bonchev–Trinajstić information content (AvgIpc) is 2.30. The molecule has 0 heterocycles. The van der Waals surface area contributed by atoms with Gasteiger partial charge in [0.25, 0.3) is 0 Å². The van der Waals surface area contributed by atoms with Crippen LogP contribution in [0.3, 0.4) is 0 Å². The molecule has 0 aromatic rings. The van der Waals surface area contributed by atoms with E-state index in [-0.39, 0.29) is 36.0 Å². The quantitative estimate of drug-likeness (QED) is 0.304. The molecule has 0 rings (SSSR count). The number of rotatable bonds is 11. The van der Waals surface area contributed by atoms with Gasteiger partial charge in [-0.15, -0.1) is 0 Å². The third-order valence-corrected chi connectivity index (χ3v) is 2.62. The van der Waals surface area contributed by atoms with Crippen molar-refractivity contribution in [3.05, 3.63) is 0 Å². The predicted molar refractivity (Wildman–Crippen MR) is 73.3 cm³/mol. The summed E-state index contributed by atoms with van der Waals surface area (Å²) < 4.78 is 20.0. The molecule has 7 heteroatoms. The molecule has 0 N–H and O–H groups in total. The van der Waals surface area contributed by atoms with Crippen LogP contribution in [0.15, 0.2) is 0 Å². The third kappa shape index (κ3) is 15.2. The lowest BCUT2D eigenvalue weighted by Crippen LogP contribution is -2.19. The molecule has 0 atom stereocenters. The van der Waals surface area contributed by atoms with Crippen molar-refractivity contribution >= 4 is 22.8 Å². The molecular formula is C12H23O6S+. The summed E-state index contributed by atoms with van der Waals surface area (Å²) in [5.74, 6) is -0.0440. The highest BCUT2D eigenvalue weighted by Gasteiger charge is 2.12. The van der Waals surface area contributed by atoms with E-state index in [0.29, 0.717) is 32.2 Å². The van der Waals surface area contributed by atoms with E-state index in [9.17, 15) is 9.59 Å². The topological polar surface area (TPSA) is 71.1 Å². The van der Waals surface area contributed by atoms with Crippen LogP contribution in [0.5, 0.6) is 0 Å². The summed E-state index contributed by atoms with van der Waals surface area (Å²) in [5.41, 5.74) is 0. The molecule has 0 saturated carbocycles. The largest absolute Gasteiger partial charge is 0.463 e. The van der Waals surface area contributed by atoms with Gasteiger partial charge in [0.1, 0.15) is 13.2 Å². The Balaban J connectivity index is 3.14. The molecular weight excluding hydrogens is 272 g/mol. The minimum atomic E-state index is -0.316. The number of ether oxygens (including phenoxy) is 4. The zero-order chi connectivity index (χ0) is 14.5. The fraction of sp³-hybridized carbons (Fsp3) is 0.833. The van der Waals surface area contributed by atoms with E-state index in [2.05, 4.69) is 4.74 Å². The van der Waals surface area contributed by atoms with Crippen molar-refractivity contribution in [1.82, 2.24) is 0 Å². The highest BCUT2D eigenvalue weighted by molar-refractivity contribution is 7.96. The van der Waals surface area contributed by atoms with Gasteiger partial charge in [-0.05, 0) is 10.9 Å². The lowest BCUT2D eigenvalue weighted by atomic mass is 10.7. The van der Waals surface area contributed by atoms with Gasteiger partial charge in [0.2, 0.25) is 5.75 Å². The monoisotopic (exact) mass is 295 g/mol. The molecule has 0 saturated heterocycles. The number of carbonyl (C=O) groups is 2. The summed E-state index contributed by atoms with van der Waals surface area (Å²) in [6.45, 7) is 3.43. The van der Waals surface area contributed by atoms with Gasteiger partial charge in [-0.1, -0.05) is 0 Å². The minimum absolute atomic E-state index is 0.0661. The van der Waals surface area contributed by atoms with Crippen LogP contribution in [0.4, 0.5) is 0 Å². The van der Waals surface area contributed by atoms with Crippen molar-refractivity contribution in [3.63, 3.8) is 0 Å². The van der Waals surface area contributed by atoms with E-state index in [0.717, 1.165) is 0 Å². The van der Waals surface area contributed by atoms with Crippen molar-refractivity contribution in [3.8, 4) is 0 Å². The molecule has 0 bridgehead atoms. The van der Waals surface area contributed by atoms with E-state index < -0.39 is 0 Å². The summed E-state index contributed by atoms with van der Waals surface area (Å²) in [7, 11) is 0.0661. The Kier molecular flexibility index (Phi) is 11.7. The first kappa shape index (κ1) is 18.2. The van der Waals surface area contributed by atoms with Gasteiger partial charge in [-0.2, -0.15) is 0 Å². The van der Waals surface area contributed by atoms with Crippen molar-refractivity contribution in [1.29, 1.82) is 0 Å². The van der Waals surface area contributed by atoms with Gasteiger partial charge < -0.3 is 18.9 Å². The Labute approximate surface area is 117 Å². The summed E-state index contributed by atoms with van der Waals surface area (Å²) in [5, 5.41) is 0. The first-order valence-electron chi connectivity index (χ1n) is 6.01. The van der Waals surface area contributed by atoms with Gasteiger partial charge in [0.15, 0.2) is 0 Å². The fourth-order valence-corrected chi connectivity index (χ4v) is 1.61. The Morgan fingerprint density at radius 1 is 0.842 bits per heavy atom. The van der Waals surface area contributed by atoms with Gasteiger partial charge >= 0.3 is 11.9 Å². The number of carbonyl (C=O) groups excluding carboxylic acids is 2. The molecule has 0 unspecified atom stereocenters. The van der Waals surface area contributed by atoms with Crippen LogP contribution < -0.4 is 0 Å². The predicted octanol–water partition coefficient (Wildman–Crippen LogP) is 0.00380. The second-order valence-corrected chi connectivity index (χ2v) is 6.18. The Morgan fingerprint density at radius 3 is 1.79 bits per heavy atom. The zero-order valence-electron chi connectivity index (χ0n) is 11.8. The second-order valence-electron chi connectivity index (χ2n) is 3.92. The molecule has 0 aromatic carbocycles. The van der Waals surface area contributed by atoms with Gasteiger partial charge in [-0.3, -0.25) is 4.79 Å². The number of hydrogen-bond acceptors (Lipinski definition) is 6. The SMILES string of the molecule is CC(=O)OCCOCCOCCOC(=O)C[S+](C)C. The van der Waals surface area contributed by atoms with Crippen LogP contribution in [-0.4, -0.2) is 69.8 Å². The van der Waals surface area contributed by atoms with Crippen LogP contribution in [0.2, 0.25) is 0 Å². The van der Waals surface area contributed by atoms with Crippen LogP contribution >= 0.6 is 0 Å². The van der Waals surface area contributed by atoms with Gasteiger partial charge in [-0.25, -0.2) is 4.79 Å². The Morgan fingerprint density at radius 2 is 1.32 bits per heavy atom. The molecule has 6 nitrogen and oxygen atoms in total. The van der Waals surface area contributed by atoms with Crippen LogP contribution in [-0.2, 0) is 39.4 Å². The highest BCUT2D eigenvalue weighted by atomic mass is 32.2. The average molecular weight is 295 g/mol. The van der Waals surface area contributed by atoms with E-state index in [1.807, 2.05) is 12.5 Å². The Hall–Kier alpha value is -0.790. The molecule has 0 spiro atoms. The van der Waals surface area contributed by atoms with Crippen molar-refractivity contribution in [2.24, 2.45) is 0 Å². The van der Waals surface area contributed by atoms with Crippen molar-refractivity contribution < 1.29 is 28.5 Å². The molecule has 0 aliphatic rings. The maximum Gasteiger partial charge on any atom is 0.356 e. The molecule has 0 aromatic heterocycles. The molecule has 112 valence electrons. The molecule has 19 heavy (non-hydrogen) atoms. The van der Waals surface area contributed by atoms with Gasteiger partial charge in [0, 0.05) is 6.92 Å². The van der Waals surface area contributed by atoms with E-state index in [1.54, 1.807) is 0 Å². The maximum absolute atomic E-state index is 11.2. The van der Waals surface area contributed by atoms with Crippen molar-refractivity contribution in [2.45, 2.75) is 6.92 Å². The highest BCUT2D eigenvalue weighted by Crippen LogP contribution is 1.88. The van der Waals surface area contributed by atoms with Gasteiger partial charge in [0.05, 0.1) is 38.9 Å². The lowest BCUT2D eigenvalue weighted by molar-refractivity contribution is -0.144. The van der Waals surface area contributed by atoms with Crippen LogP contribution in [0.25, 0.3) is 0 Å². The minimum Gasteiger partial charge on any atom is -0.463 e. The smallest absolute Gasteiger partial charge is 0.356 e. The van der Waals surface area contributed by atoms with Crippen LogP contribution in [0, 0.1) is 0 Å². The summed E-state index contributed by atoms with van der Waals surface area (Å²) in [4.78, 5) is 21.6. The maximum atomic E-state index is 11.2. The molecule has 0 amide bonds. The number of esters is 2. The van der Waals surface area contributed by atoms with Crippen LogP contribution in [0.1, 0.15) is 6.92 Å². The molecule has 0 aliphatic heterocycles. The normalized spacial score (nSPS) is 10.5. The summed E-state index contributed by atoms with van der Waals surface area (Å²) >= 11 is 0. The first-order valence-corrected chi connectivity index (χ1v) is 8.22. The second kappa shape index (κ2) is 12.3. The van der Waals surface area contributed by atoms with E-state index in [1.165, 1.54) is 6.92 Å². The summed E-state index contributed by atoms with van der Waals surface area (Å²) in [6.07, 6.45) is 3.98. The first-order chi connectivity index (χ1) is 9.02. The van der Waals surface area contributed by atoms with Crippen molar-refractivity contribution in [2.75, 3.05) is 57.9 Å². The van der Waals surface area contributed by atoms with E-state index in [4.69, 9.17) is 14.2 Å². The molecule has 0 fully saturated rings. The summed E-state index contributed by atoms with van der Waals surface area (Å²) in [6, 6.07) is 0. The number of hydrogen-bond donors (Lipinski definition) is 0. The zero-order valence-corrected chi connectivity index (χ0v) is 12.6. The van der Waals surface area contributed by atoms with E-state index >= 15 is 0 Å². The lowest BCUT2D eigenvalue weighted by Gasteiger charge is -2.06. The standard InChI is InChI=1S/C12H23O6S/c1-11(13)17-8-6-15-4-5-16-7-9-18-12(14)10-19(2)3/h4-10H2,1-3H3/q+1. The molecule has 0 radical (unpaired) electrons. The third-order valence-electron chi connectivity index (χ3n) is 1.80. The molecule has 0 aliphatic carbocycles.